The molecule has 0 spiro atoms. The van der Waals surface area contributed by atoms with E-state index in [2.05, 4.69) is 189 Å². The number of hydrogen-bond acceptors (Lipinski definition) is 3. The maximum Gasteiger partial charge on any atom is 0.0637 e. The second-order valence-electron chi connectivity index (χ2n) is 14.8. The van der Waals surface area contributed by atoms with E-state index in [-0.39, 0.29) is 5.41 Å². The Morgan fingerprint density at radius 2 is 1.38 bits per heavy atom. The van der Waals surface area contributed by atoms with Crippen molar-refractivity contribution in [1.29, 1.82) is 0 Å². The summed E-state index contributed by atoms with van der Waals surface area (Å²) in [6.07, 6.45) is 1.90. The number of para-hydroxylation sites is 1. The molecule has 0 aliphatic heterocycles. The zero-order valence-corrected chi connectivity index (χ0v) is 32.1. The third kappa shape index (κ3) is 5.53. The minimum absolute atomic E-state index is 0.0506. The number of benzene rings is 6. The molecule has 0 saturated heterocycles. The number of anilines is 2. The zero-order valence-electron chi connectivity index (χ0n) is 30.5. The van der Waals surface area contributed by atoms with E-state index < -0.39 is 0 Å². The van der Waals surface area contributed by atoms with Crippen LogP contribution in [-0.2, 0) is 5.41 Å². The van der Waals surface area contributed by atoms with E-state index in [1.807, 2.05) is 17.4 Å². The van der Waals surface area contributed by atoms with Crippen LogP contribution in [-0.4, -0.2) is 4.57 Å². The molecule has 0 saturated carbocycles. The highest BCUT2D eigenvalue weighted by Gasteiger charge is 2.21. The second-order valence-corrected chi connectivity index (χ2v) is 16.7. The molecule has 9 rings (SSSR count). The Hall–Kier alpha value is -5.68. The predicted octanol–water partition coefficient (Wildman–Crippen LogP) is 13.2. The van der Waals surface area contributed by atoms with Gasteiger partial charge in [-0.3, -0.25) is 0 Å². The summed E-state index contributed by atoms with van der Waals surface area (Å²) in [5.74, 6) is 0. The molecule has 258 valence electrons. The number of thiophene rings is 2. The van der Waals surface area contributed by atoms with E-state index in [0.29, 0.717) is 0 Å². The van der Waals surface area contributed by atoms with Crippen LogP contribution in [0.4, 0.5) is 11.4 Å². The van der Waals surface area contributed by atoms with Gasteiger partial charge in [0.1, 0.15) is 0 Å². The fraction of sp³-hybridized carbons (Fsp3) is 0.102. The van der Waals surface area contributed by atoms with Gasteiger partial charge in [0.2, 0.25) is 0 Å². The number of nitrogens with zero attached hydrogens (tertiary/aromatic N) is 2. The summed E-state index contributed by atoms with van der Waals surface area (Å²) < 4.78 is 6.13. The Morgan fingerprint density at radius 1 is 0.698 bits per heavy atom. The lowest BCUT2D eigenvalue weighted by molar-refractivity contribution is 0.591. The summed E-state index contributed by atoms with van der Waals surface area (Å²) >= 11 is 3.59. The molecule has 0 bridgehead atoms. The number of rotatable bonds is 6. The molecule has 0 radical (unpaired) electrons. The molecule has 2 nitrogen and oxygen atoms in total. The standard InChI is InChI=1S/C49H40N2S2/c1-7-33-30-52-47(31(33)2)32(3)50(45-18-13-17-40-39-16-11-12-19-46(39)53-48(40)45)38-24-20-34(21-25-38)35-22-26-43-41(28-35)42-29-36(49(4,5)6)23-27-44(42)51(43)37-14-9-8-10-15-37/h7-30H,1-2H2,3-6H3/b47-32-. The van der Waals surface area contributed by atoms with Crippen LogP contribution in [0.3, 0.4) is 0 Å². The third-order valence-electron chi connectivity index (χ3n) is 10.5. The summed E-state index contributed by atoms with van der Waals surface area (Å²) in [6.45, 7) is 17.6. The quantitative estimate of drug-likeness (QED) is 0.166. The highest BCUT2D eigenvalue weighted by Crippen LogP contribution is 2.44. The maximum absolute atomic E-state index is 4.47. The van der Waals surface area contributed by atoms with E-state index >= 15 is 0 Å². The monoisotopic (exact) mass is 720 g/mol. The van der Waals surface area contributed by atoms with E-state index in [1.165, 1.54) is 70.0 Å². The van der Waals surface area contributed by atoms with Crippen LogP contribution >= 0.6 is 22.7 Å². The van der Waals surface area contributed by atoms with Crippen LogP contribution in [0.5, 0.6) is 0 Å². The Morgan fingerprint density at radius 3 is 2.11 bits per heavy atom. The minimum atomic E-state index is 0.0506. The Kier molecular flexibility index (Phi) is 7.99. The molecule has 0 fully saturated rings. The largest absolute Gasteiger partial charge is 0.312 e. The Balaban J connectivity index is 1.21. The van der Waals surface area contributed by atoms with Gasteiger partial charge in [-0.1, -0.05) is 113 Å². The molecular weight excluding hydrogens is 681 g/mol. The van der Waals surface area contributed by atoms with Crippen molar-refractivity contribution in [2.75, 3.05) is 4.90 Å². The van der Waals surface area contributed by atoms with Gasteiger partial charge in [-0.05, 0) is 106 Å². The highest BCUT2D eigenvalue weighted by atomic mass is 32.1. The van der Waals surface area contributed by atoms with Crippen molar-refractivity contribution >= 4 is 94.4 Å². The van der Waals surface area contributed by atoms with Crippen molar-refractivity contribution in [1.82, 2.24) is 4.57 Å². The lowest BCUT2D eigenvalue weighted by Gasteiger charge is -2.26. The molecule has 3 aromatic heterocycles. The van der Waals surface area contributed by atoms with Crippen LogP contribution in [0.2, 0.25) is 0 Å². The third-order valence-corrected chi connectivity index (χ3v) is 12.9. The molecule has 6 aromatic carbocycles. The van der Waals surface area contributed by atoms with Crippen molar-refractivity contribution in [2.45, 2.75) is 33.1 Å². The molecule has 4 heteroatoms. The topological polar surface area (TPSA) is 8.17 Å². The van der Waals surface area contributed by atoms with Gasteiger partial charge in [0, 0.05) is 43.3 Å². The SMILES string of the molecule is C=Cc1cs/c(=C(/C)N(c2ccc(-c3ccc4c(c3)c3cc(C(C)(C)C)ccc3n4-c3ccccc3)cc2)c2cccc3c2sc2ccccc23)c1=C. The normalized spacial score (nSPS) is 12.6. The first-order valence-corrected chi connectivity index (χ1v) is 19.8. The average Bonchev–Trinajstić information content (AvgIpc) is 3.86. The number of hydrogen-bond donors (Lipinski definition) is 0. The summed E-state index contributed by atoms with van der Waals surface area (Å²) in [5, 5.41) is 8.29. The van der Waals surface area contributed by atoms with Crippen LogP contribution in [0, 0.1) is 0 Å². The molecule has 9 aromatic rings. The molecule has 3 heterocycles. The average molecular weight is 721 g/mol. The minimum Gasteiger partial charge on any atom is -0.312 e. The van der Waals surface area contributed by atoms with Gasteiger partial charge in [0.05, 0.1) is 26.0 Å². The fourth-order valence-electron chi connectivity index (χ4n) is 7.72. The van der Waals surface area contributed by atoms with Crippen LogP contribution in [0.1, 0.15) is 38.8 Å². The number of fused-ring (bicyclic) bond motifs is 6. The molecule has 0 unspecified atom stereocenters. The number of aromatic nitrogens is 1. The fourth-order valence-corrected chi connectivity index (χ4v) is 9.93. The van der Waals surface area contributed by atoms with Gasteiger partial charge < -0.3 is 9.47 Å². The summed E-state index contributed by atoms with van der Waals surface area (Å²) in [6, 6.07) is 49.1. The lowest BCUT2D eigenvalue weighted by atomic mass is 9.86. The van der Waals surface area contributed by atoms with Gasteiger partial charge >= 0.3 is 0 Å². The molecule has 0 amide bonds. The molecule has 0 atom stereocenters. The first-order valence-electron chi connectivity index (χ1n) is 18.1. The molecular formula is C49H40N2S2. The van der Waals surface area contributed by atoms with Crippen molar-refractivity contribution in [3.05, 3.63) is 166 Å². The predicted molar refractivity (Wildman–Crippen MR) is 235 cm³/mol. The summed E-state index contributed by atoms with van der Waals surface area (Å²) in [5.41, 5.74) is 11.9. The van der Waals surface area contributed by atoms with Crippen LogP contribution < -0.4 is 14.7 Å². The van der Waals surface area contributed by atoms with E-state index in [0.717, 1.165) is 26.7 Å². The molecule has 0 aliphatic rings. The van der Waals surface area contributed by atoms with Crippen molar-refractivity contribution in [2.24, 2.45) is 0 Å². The van der Waals surface area contributed by atoms with Crippen molar-refractivity contribution < 1.29 is 0 Å². The zero-order chi connectivity index (χ0) is 36.4. The van der Waals surface area contributed by atoms with Gasteiger partial charge in [-0.25, -0.2) is 0 Å². The summed E-state index contributed by atoms with van der Waals surface area (Å²) in [4.78, 5) is 2.42. The lowest BCUT2D eigenvalue weighted by Crippen LogP contribution is -2.28. The van der Waals surface area contributed by atoms with Crippen molar-refractivity contribution in [3.63, 3.8) is 0 Å². The highest BCUT2D eigenvalue weighted by molar-refractivity contribution is 7.26. The maximum atomic E-state index is 4.47. The van der Waals surface area contributed by atoms with Gasteiger partial charge in [-0.15, -0.1) is 22.7 Å². The molecule has 0 N–H and O–H groups in total. The van der Waals surface area contributed by atoms with E-state index in [4.69, 9.17) is 0 Å². The van der Waals surface area contributed by atoms with Crippen LogP contribution in [0.25, 0.3) is 77.1 Å². The second kappa shape index (κ2) is 12.8. The van der Waals surface area contributed by atoms with Gasteiger partial charge in [-0.2, -0.15) is 0 Å². The van der Waals surface area contributed by atoms with E-state index in [9.17, 15) is 0 Å². The van der Waals surface area contributed by atoms with Gasteiger partial charge in [0.15, 0.2) is 0 Å². The first-order chi connectivity index (χ1) is 25.7. The molecule has 53 heavy (non-hydrogen) atoms. The Bertz CT molecular complexity index is 2970. The Labute approximate surface area is 318 Å². The van der Waals surface area contributed by atoms with E-state index in [1.54, 1.807) is 11.3 Å². The molecule has 0 aliphatic carbocycles. The first kappa shape index (κ1) is 33.2. The summed E-state index contributed by atoms with van der Waals surface area (Å²) in [7, 11) is 0. The van der Waals surface area contributed by atoms with Crippen LogP contribution in [0.15, 0.2) is 145 Å². The van der Waals surface area contributed by atoms with Crippen molar-refractivity contribution in [3.8, 4) is 16.8 Å². The smallest absolute Gasteiger partial charge is 0.0637 e. The van der Waals surface area contributed by atoms with Gasteiger partial charge in [0.25, 0.3) is 0 Å².